The summed E-state index contributed by atoms with van der Waals surface area (Å²) >= 11 is 0. The first-order valence-electron chi connectivity index (χ1n) is 34.7. The molecule has 6 nitrogen and oxygen atoms in total. The summed E-state index contributed by atoms with van der Waals surface area (Å²) in [6.45, 7) is 4.97. The fraction of sp³-hybridized carbons (Fsp3) is 0.887. The van der Waals surface area contributed by atoms with Crippen LogP contribution in [-0.4, -0.2) is 47.4 Å². The minimum atomic E-state index is -0.669. The van der Waals surface area contributed by atoms with Gasteiger partial charge in [-0.15, -0.1) is 0 Å². The molecule has 2 unspecified atom stereocenters. The molecule has 454 valence electrons. The number of unbranched alkanes of at least 4 members (excludes halogenated alkanes) is 48. The van der Waals surface area contributed by atoms with Gasteiger partial charge in [0.05, 0.1) is 25.4 Å². The lowest BCUT2D eigenvalue weighted by molar-refractivity contribution is -0.143. The number of allylic oxidation sites excluding steroid dienone is 6. The van der Waals surface area contributed by atoms with Crippen LogP contribution in [0.2, 0.25) is 0 Å². The minimum Gasteiger partial charge on any atom is -0.466 e. The molecule has 0 heterocycles. The van der Waals surface area contributed by atoms with E-state index in [9.17, 15) is 19.8 Å². The van der Waals surface area contributed by atoms with Crippen LogP contribution in [0, 0.1) is 0 Å². The zero-order valence-electron chi connectivity index (χ0n) is 52.0. The molecule has 2 atom stereocenters. The zero-order valence-corrected chi connectivity index (χ0v) is 52.0. The summed E-state index contributed by atoms with van der Waals surface area (Å²) in [7, 11) is 0. The fourth-order valence-electron chi connectivity index (χ4n) is 10.8. The lowest BCUT2D eigenvalue weighted by atomic mass is 10.0. The number of hydrogen-bond acceptors (Lipinski definition) is 5. The first-order chi connectivity index (χ1) is 38.0. The average Bonchev–Trinajstić information content (AvgIpc) is 3.43. The van der Waals surface area contributed by atoms with Gasteiger partial charge in [0, 0.05) is 12.8 Å². The largest absolute Gasteiger partial charge is 0.466 e. The smallest absolute Gasteiger partial charge is 0.305 e. The fourth-order valence-corrected chi connectivity index (χ4v) is 10.8. The maximum absolute atomic E-state index is 12.5. The molecule has 3 N–H and O–H groups in total. The molecule has 1 amide bonds. The van der Waals surface area contributed by atoms with E-state index >= 15 is 0 Å². The van der Waals surface area contributed by atoms with Crippen molar-refractivity contribution in [3.63, 3.8) is 0 Å². The van der Waals surface area contributed by atoms with Crippen molar-refractivity contribution in [2.45, 2.75) is 392 Å². The van der Waals surface area contributed by atoms with E-state index in [-0.39, 0.29) is 18.5 Å². The predicted molar refractivity (Wildman–Crippen MR) is 338 cm³/mol. The van der Waals surface area contributed by atoms with Crippen molar-refractivity contribution in [3.05, 3.63) is 36.5 Å². The van der Waals surface area contributed by atoms with Crippen LogP contribution in [0.15, 0.2) is 36.5 Å². The Morgan fingerprint density at radius 1 is 0.364 bits per heavy atom. The van der Waals surface area contributed by atoms with Gasteiger partial charge in [-0.2, -0.15) is 0 Å². The Labute approximate surface area is 481 Å². The standard InChI is InChI=1S/C71H135NO5/c1-3-5-7-9-11-13-15-17-19-21-32-35-39-43-47-51-55-59-63-69(74)68(67-73)72-70(75)64-60-56-52-48-44-40-36-33-29-27-25-23-22-24-26-28-30-34-38-42-46-50-54-58-62-66-77-71(76)65-61-57-53-49-45-41-37-31-20-18-16-14-12-10-8-6-4-2/h18,20,23-26,68-69,73-74H,3-17,19,21-22,27-67H2,1-2H3,(H,72,75)/b20-18-,25-23-,26-24-. The molecule has 0 aliphatic heterocycles. The van der Waals surface area contributed by atoms with E-state index in [1.807, 2.05) is 0 Å². The van der Waals surface area contributed by atoms with Gasteiger partial charge >= 0.3 is 5.97 Å². The number of ether oxygens (including phenoxy) is 1. The van der Waals surface area contributed by atoms with Crippen LogP contribution >= 0.6 is 0 Å². The topological polar surface area (TPSA) is 95.9 Å². The number of esters is 1. The first-order valence-corrected chi connectivity index (χ1v) is 34.7. The first kappa shape index (κ1) is 75.1. The van der Waals surface area contributed by atoms with Gasteiger partial charge in [0.25, 0.3) is 0 Å². The second-order valence-corrected chi connectivity index (χ2v) is 23.9. The number of amides is 1. The highest BCUT2D eigenvalue weighted by atomic mass is 16.5. The van der Waals surface area contributed by atoms with E-state index in [1.54, 1.807) is 0 Å². The van der Waals surface area contributed by atoms with E-state index in [0.29, 0.717) is 25.9 Å². The number of carbonyl (C=O) groups excluding carboxylic acids is 2. The van der Waals surface area contributed by atoms with Gasteiger partial charge in [0.15, 0.2) is 0 Å². The maximum Gasteiger partial charge on any atom is 0.305 e. The molecule has 77 heavy (non-hydrogen) atoms. The third-order valence-electron chi connectivity index (χ3n) is 16.2. The normalized spacial score (nSPS) is 12.7. The SMILES string of the molecule is CCCCCCCC/C=C\CCCCCCCCCC(=O)OCCCCCCCCCCC/C=C\C/C=C\CCCCCCCCCCCC(=O)NC(CO)C(O)CCCCCCCCCCCCCCCCCCCC. The van der Waals surface area contributed by atoms with E-state index in [1.165, 1.54) is 295 Å². The summed E-state index contributed by atoms with van der Waals surface area (Å²) in [6, 6.07) is -0.547. The van der Waals surface area contributed by atoms with Crippen LogP contribution in [0.3, 0.4) is 0 Å². The van der Waals surface area contributed by atoms with E-state index in [2.05, 4.69) is 55.6 Å². The molecule has 0 rings (SSSR count). The highest BCUT2D eigenvalue weighted by molar-refractivity contribution is 5.76. The Hall–Kier alpha value is -1.92. The summed E-state index contributed by atoms with van der Waals surface area (Å²) in [6.07, 6.45) is 84.6. The summed E-state index contributed by atoms with van der Waals surface area (Å²) < 4.78 is 5.49. The second kappa shape index (κ2) is 66.6. The number of nitrogens with one attached hydrogen (secondary N) is 1. The summed E-state index contributed by atoms with van der Waals surface area (Å²) in [5.74, 6) is -0.0320. The lowest BCUT2D eigenvalue weighted by Gasteiger charge is -2.22. The predicted octanol–water partition coefficient (Wildman–Crippen LogP) is 22.3. The van der Waals surface area contributed by atoms with Gasteiger partial charge in [-0.05, 0) is 83.5 Å². The molecule has 0 aromatic carbocycles. The molecule has 0 aromatic heterocycles. The summed E-state index contributed by atoms with van der Waals surface area (Å²) in [5, 5.41) is 23.4. The Kier molecular flexibility index (Phi) is 64.9. The van der Waals surface area contributed by atoms with Crippen molar-refractivity contribution in [2.75, 3.05) is 13.2 Å². The average molecular weight is 1080 g/mol. The molecule has 0 aromatic rings. The number of rotatable bonds is 65. The summed E-state index contributed by atoms with van der Waals surface area (Å²) in [4.78, 5) is 24.6. The van der Waals surface area contributed by atoms with Crippen LogP contribution < -0.4 is 5.32 Å². The van der Waals surface area contributed by atoms with Crippen LogP contribution in [0.4, 0.5) is 0 Å². The summed E-state index contributed by atoms with van der Waals surface area (Å²) in [5.41, 5.74) is 0. The van der Waals surface area contributed by atoms with Crippen LogP contribution in [-0.2, 0) is 14.3 Å². The lowest BCUT2D eigenvalue weighted by Crippen LogP contribution is -2.45. The molecule has 0 fully saturated rings. The Morgan fingerprint density at radius 3 is 1.00 bits per heavy atom. The van der Waals surface area contributed by atoms with Crippen LogP contribution in [0.5, 0.6) is 0 Å². The highest BCUT2D eigenvalue weighted by Gasteiger charge is 2.20. The molecule has 0 saturated carbocycles. The third kappa shape index (κ3) is 63.1. The monoisotopic (exact) mass is 1080 g/mol. The number of hydrogen-bond donors (Lipinski definition) is 3. The Bertz CT molecular complexity index is 1250. The minimum absolute atomic E-state index is 0.00618. The van der Waals surface area contributed by atoms with Crippen molar-refractivity contribution in [3.8, 4) is 0 Å². The Morgan fingerprint density at radius 2 is 0.649 bits per heavy atom. The molecule has 0 radical (unpaired) electrons. The molecule has 0 saturated heterocycles. The van der Waals surface area contributed by atoms with E-state index in [0.717, 1.165) is 51.4 Å². The van der Waals surface area contributed by atoms with Gasteiger partial charge in [0.1, 0.15) is 0 Å². The van der Waals surface area contributed by atoms with Crippen molar-refractivity contribution in [1.29, 1.82) is 0 Å². The quantitative estimate of drug-likeness (QED) is 0.0320. The molecule has 0 bridgehead atoms. The third-order valence-corrected chi connectivity index (χ3v) is 16.2. The number of carbonyl (C=O) groups is 2. The Balaban J connectivity index is 3.42. The molecule has 0 aliphatic carbocycles. The molecule has 6 heteroatoms. The molecular weight excluding hydrogens is 947 g/mol. The molecule has 0 spiro atoms. The van der Waals surface area contributed by atoms with Gasteiger partial charge < -0.3 is 20.3 Å². The maximum atomic E-state index is 12.5. The highest BCUT2D eigenvalue weighted by Crippen LogP contribution is 2.18. The van der Waals surface area contributed by atoms with Crippen LogP contribution in [0.25, 0.3) is 0 Å². The zero-order chi connectivity index (χ0) is 55.7. The van der Waals surface area contributed by atoms with Crippen molar-refractivity contribution >= 4 is 11.9 Å². The van der Waals surface area contributed by atoms with Gasteiger partial charge in [-0.25, -0.2) is 0 Å². The van der Waals surface area contributed by atoms with Crippen molar-refractivity contribution < 1.29 is 24.5 Å². The van der Waals surface area contributed by atoms with Crippen molar-refractivity contribution in [1.82, 2.24) is 5.32 Å². The molecule has 0 aliphatic rings. The number of aliphatic hydroxyl groups is 2. The van der Waals surface area contributed by atoms with Crippen molar-refractivity contribution in [2.24, 2.45) is 0 Å². The van der Waals surface area contributed by atoms with E-state index in [4.69, 9.17) is 4.74 Å². The van der Waals surface area contributed by atoms with Gasteiger partial charge in [0.2, 0.25) is 5.91 Å². The van der Waals surface area contributed by atoms with Crippen LogP contribution in [0.1, 0.15) is 380 Å². The van der Waals surface area contributed by atoms with E-state index < -0.39 is 12.1 Å². The van der Waals surface area contributed by atoms with Gasteiger partial charge in [-0.3, -0.25) is 9.59 Å². The molecular formula is C71H135NO5. The number of aliphatic hydroxyl groups excluding tert-OH is 2. The second-order valence-electron chi connectivity index (χ2n) is 23.9. The van der Waals surface area contributed by atoms with Gasteiger partial charge in [-0.1, -0.05) is 320 Å².